The van der Waals surface area contributed by atoms with Gasteiger partial charge in [-0.15, -0.1) is 0 Å². The first kappa shape index (κ1) is 14.7. The molecule has 0 atom stereocenters. The Labute approximate surface area is 123 Å². The number of ether oxygens (including phenoxy) is 2. The fourth-order valence-corrected chi connectivity index (χ4v) is 1.76. The molecule has 0 radical (unpaired) electrons. The second-order valence-corrected chi connectivity index (χ2v) is 4.41. The van der Waals surface area contributed by atoms with Gasteiger partial charge in [0.25, 0.3) is 0 Å². The molecule has 0 fully saturated rings. The first-order chi connectivity index (χ1) is 10.2. The molecule has 0 saturated carbocycles. The molecule has 0 aliphatic heterocycles. The summed E-state index contributed by atoms with van der Waals surface area (Å²) in [6, 6.07) is 14.3. The van der Waals surface area contributed by atoms with Gasteiger partial charge in [0.05, 0.1) is 11.3 Å². The highest BCUT2D eigenvalue weighted by Crippen LogP contribution is 2.23. The van der Waals surface area contributed by atoms with Gasteiger partial charge in [0, 0.05) is 0 Å². The lowest BCUT2D eigenvalue weighted by atomic mass is 10.2. The summed E-state index contributed by atoms with van der Waals surface area (Å²) >= 11 is 0. The normalized spacial score (nSPS) is 9.90. The van der Waals surface area contributed by atoms with Crippen molar-refractivity contribution in [3.63, 3.8) is 0 Å². The fourth-order valence-electron chi connectivity index (χ4n) is 1.76. The van der Waals surface area contributed by atoms with E-state index in [4.69, 9.17) is 15.2 Å². The molecule has 2 aromatic rings. The average Bonchev–Trinajstić information content (AvgIpc) is 2.52. The Bertz CT molecular complexity index is 623. The van der Waals surface area contributed by atoms with E-state index in [-0.39, 0.29) is 6.61 Å². The SMILES string of the molecule is C=CCOc1ccc(C(=O)OCc2ccccc2)cc1N. The highest BCUT2D eigenvalue weighted by molar-refractivity contribution is 5.91. The van der Waals surface area contributed by atoms with Gasteiger partial charge < -0.3 is 15.2 Å². The Morgan fingerprint density at radius 2 is 1.95 bits per heavy atom. The zero-order chi connectivity index (χ0) is 15.1. The number of carbonyl (C=O) groups is 1. The fraction of sp³-hybridized carbons (Fsp3) is 0.118. The first-order valence-electron chi connectivity index (χ1n) is 6.55. The van der Waals surface area contributed by atoms with Crippen LogP contribution in [0.3, 0.4) is 0 Å². The Balaban J connectivity index is 1.99. The molecule has 0 saturated heterocycles. The number of hydrogen-bond acceptors (Lipinski definition) is 4. The quantitative estimate of drug-likeness (QED) is 0.502. The zero-order valence-corrected chi connectivity index (χ0v) is 11.6. The second-order valence-electron chi connectivity index (χ2n) is 4.41. The molecule has 2 rings (SSSR count). The Morgan fingerprint density at radius 3 is 2.62 bits per heavy atom. The number of anilines is 1. The third-order valence-electron chi connectivity index (χ3n) is 2.81. The number of nitrogen functional groups attached to an aromatic ring is 1. The van der Waals surface area contributed by atoms with E-state index in [1.165, 1.54) is 0 Å². The van der Waals surface area contributed by atoms with Crippen LogP contribution >= 0.6 is 0 Å². The number of hydrogen-bond donors (Lipinski definition) is 1. The highest BCUT2D eigenvalue weighted by atomic mass is 16.5. The van der Waals surface area contributed by atoms with Crippen LogP contribution in [0.15, 0.2) is 61.2 Å². The molecular weight excluding hydrogens is 266 g/mol. The highest BCUT2D eigenvalue weighted by Gasteiger charge is 2.10. The Hall–Kier alpha value is -2.75. The van der Waals surface area contributed by atoms with Crippen molar-refractivity contribution in [3.8, 4) is 5.75 Å². The van der Waals surface area contributed by atoms with Crippen molar-refractivity contribution in [3.05, 3.63) is 72.3 Å². The van der Waals surface area contributed by atoms with Crippen LogP contribution in [0.1, 0.15) is 15.9 Å². The Kier molecular flexibility index (Phi) is 4.99. The minimum absolute atomic E-state index is 0.230. The van der Waals surface area contributed by atoms with Crippen molar-refractivity contribution in [2.45, 2.75) is 6.61 Å². The van der Waals surface area contributed by atoms with Crippen LogP contribution in [-0.2, 0) is 11.3 Å². The molecule has 0 aromatic heterocycles. The van der Waals surface area contributed by atoms with Crippen LogP contribution in [-0.4, -0.2) is 12.6 Å². The molecular formula is C17H17NO3. The average molecular weight is 283 g/mol. The maximum Gasteiger partial charge on any atom is 0.338 e. The van der Waals surface area contributed by atoms with Gasteiger partial charge in [0.2, 0.25) is 0 Å². The van der Waals surface area contributed by atoms with Gasteiger partial charge in [0.15, 0.2) is 0 Å². The molecule has 21 heavy (non-hydrogen) atoms. The molecule has 0 aliphatic carbocycles. The molecule has 0 heterocycles. The van der Waals surface area contributed by atoms with Crippen molar-refractivity contribution in [2.75, 3.05) is 12.3 Å². The van der Waals surface area contributed by atoms with Crippen molar-refractivity contribution >= 4 is 11.7 Å². The Morgan fingerprint density at radius 1 is 1.19 bits per heavy atom. The number of esters is 1. The first-order valence-corrected chi connectivity index (χ1v) is 6.55. The summed E-state index contributed by atoms with van der Waals surface area (Å²) in [4.78, 5) is 12.0. The lowest BCUT2D eigenvalue weighted by Crippen LogP contribution is -2.06. The van der Waals surface area contributed by atoms with Gasteiger partial charge in [-0.1, -0.05) is 43.0 Å². The summed E-state index contributed by atoms with van der Waals surface area (Å²) in [5, 5.41) is 0. The lowest BCUT2D eigenvalue weighted by Gasteiger charge is -2.09. The standard InChI is InChI=1S/C17H17NO3/c1-2-10-20-16-9-8-14(11-15(16)18)17(19)21-12-13-6-4-3-5-7-13/h2-9,11H,1,10,12,18H2. The van der Waals surface area contributed by atoms with Crippen molar-refractivity contribution in [1.82, 2.24) is 0 Å². The third kappa shape index (κ3) is 4.11. The summed E-state index contributed by atoms with van der Waals surface area (Å²) in [7, 11) is 0. The molecule has 2 aromatic carbocycles. The molecule has 0 spiro atoms. The van der Waals surface area contributed by atoms with E-state index < -0.39 is 5.97 Å². The zero-order valence-electron chi connectivity index (χ0n) is 11.6. The van der Waals surface area contributed by atoms with Gasteiger partial charge in [0.1, 0.15) is 19.0 Å². The van der Waals surface area contributed by atoms with Crippen molar-refractivity contribution in [2.24, 2.45) is 0 Å². The summed E-state index contributed by atoms with van der Waals surface area (Å²) in [6.45, 7) is 4.16. The van der Waals surface area contributed by atoms with Gasteiger partial charge in [-0.2, -0.15) is 0 Å². The molecule has 0 aliphatic rings. The van der Waals surface area contributed by atoms with Crippen molar-refractivity contribution in [1.29, 1.82) is 0 Å². The van der Waals surface area contributed by atoms with E-state index in [2.05, 4.69) is 6.58 Å². The van der Waals surface area contributed by atoms with E-state index in [1.807, 2.05) is 30.3 Å². The second kappa shape index (κ2) is 7.14. The van der Waals surface area contributed by atoms with Crippen LogP contribution in [0.5, 0.6) is 5.75 Å². The van der Waals surface area contributed by atoms with E-state index >= 15 is 0 Å². The van der Waals surface area contributed by atoms with E-state index in [0.29, 0.717) is 23.6 Å². The smallest absolute Gasteiger partial charge is 0.338 e. The molecule has 0 unspecified atom stereocenters. The maximum atomic E-state index is 12.0. The topological polar surface area (TPSA) is 61.5 Å². The third-order valence-corrected chi connectivity index (χ3v) is 2.81. The van der Waals surface area contributed by atoms with Crippen LogP contribution in [0.2, 0.25) is 0 Å². The van der Waals surface area contributed by atoms with Gasteiger partial charge in [-0.05, 0) is 23.8 Å². The molecule has 0 bridgehead atoms. The summed E-state index contributed by atoms with van der Waals surface area (Å²) in [6.07, 6.45) is 1.63. The van der Waals surface area contributed by atoms with Crippen LogP contribution in [0.25, 0.3) is 0 Å². The van der Waals surface area contributed by atoms with Gasteiger partial charge >= 0.3 is 5.97 Å². The van der Waals surface area contributed by atoms with E-state index in [9.17, 15) is 4.79 Å². The van der Waals surface area contributed by atoms with Gasteiger partial charge in [-0.3, -0.25) is 0 Å². The molecule has 4 nitrogen and oxygen atoms in total. The number of carbonyl (C=O) groups excluding carboxylic acids is 1. The molecule has 0 amide bonds. The molecule has 2 N–H and O–H groups in total. The number of rotatable bonds is 6. The molecule has 4 heteroatoms. The molecule has 108 valence electrons. The largest absolute Gasteiger partial charge is 0.487 e. The van der Waals surface area contributed by atoms with E-state index in [0.717, 1.165) is 5.56 Å². The monoisotopic (exact) mass is 283 g/mol. The summed E-state index contributed by atoms with van der Waals surface area (Å²) < 4.78 is 10.6. The predicted octanol–water partition coefficient (Wildman–Crippen LogP) is 3.19. The maximum absolute atomic E-state index is 12.0. The number of nitrogens with two attached hydrogens (primary N) is 1. The van der Waals surface area contributed by atoms with Crippen LogP contribution in [0.4, 0.5) is 5.69 Å². The van der Waals surface area contributed by atoms with Crippen molar-refractivity contribution < 1.29 is 14.3 Å². The lowest BCUT2D eigenvalue weighted by molar-refractivity contribution is 0.0473. The van der Waals surface area contributed by atoms with Crippen LogP contribution in [0, 0.1) is 0 Å². The summed E-state index contributed by atoms with van der Waals surface area (Å²) in [5.41, 5.74) is 7.57. The predicted molar refractivity (Wildman–Crippen MR) is 82.1 cm³/mol. The number of benzene rings is 2. The minimum Gasteiger partial charge on any atom is -0.487 e. The van der Waals surface area contributed by atoms with Gasteiger partial charge in [-0.25, -0.2) is 4.79 Å². The van der Waals surface area contributed by atoms with E-state index in [1.54, 1.807) is 24.3 Å². The minimum atomic E-state index is -0.416. The summed E-state index contributed by atoms with van der Waals surface area (Å²) in [5.74, 6) is 0.107. The van der Waals surface area contributed by atoms with Crippen LogP contribution < -0.4 is 10.5 Å².